The van der Waals surface area contributed by atoms with Gasteiger partial charge in [-0.3, -0.25) is 0 Å². The largest absolute Gasteiger partial charge is 0.369 e. The van der Waals surface area contributed by atoms with Crippen molar-refractivity contribution in [1.82, 2.24) is 4.98 Å². The molecule has 0 unspecified atom stereocenters. The van der Waals surface area contributed by atoms with Gasteiger partial charge in [-0.05, 0) is 19.8 Å². The standard InChI is InChI=1S/C15H15N5S/c1-3-7-12-13(10(2)19-20-15(16)17)21-14(18-12)11-8-5-4-6-9-11/h4-6,8-9H,1-2H3,(H4,16,17,20)/b19-10+. The Morgan fingerprint density at radius 2 is 1.90 bits per heavy atom. The van der Waals surface area contributed by atoms with Crippen molar-refractivity contribution in [2.75, 3.05) is 0 Å². The molecule has 0 aliphatic carbocycles. The van der Waals surface area contributed by atoms with E-state index in [0.29, 0.717) is 11.4 Å². The summed E-state index contributed by atoms with van der Waals surface area (Å²) in [6.07, 6.45) is 0. The Balaban J connectivity index is 2.50. The third-order valence-corrected chi connectivity index (χ3v) is 3.75. The van der Waals surface area contributed by atoms with Gasteiger partial charge in [0.25, 0.3) is 0 Å². The zero-order valence-electron chi connectivity index (χ0n) is 11.8. The number of nitrogens with zero attached hydrogens (tertiary/aromatic N) is 3. The van der Waals surface area contributed by atoms with Crippen molar-refractivity contribution in [3.63, 3.8) is 0 Å². The second-order valence-electron chi connectivity index (χ2n) is 4.15. The van der Waals surface area contributed by atoms with Crippen molar-refractivity contribution in [3.8, 4) is 22.4 Å². The van der Waals surface area contributed by atoms with E-state index < -0.39 is 0 Å². The summed E-state index contributed by atoms with van der Waals surface area (Å²) < 4.78 is 0. The van der Waals surface area contributed by atoms with Crippen LogP contribution in [0, 0.1) is 11.8 Å². The summed E-state index contributed by atoms with van der Waals surface area (Å²) in [6.45, 7) is 3.60. The highest BCUT2D eigenvalue weighted by Gasteiger charge is 2.13. The molecule has 1 aromatic carbocycles. The van der Waals surface area contributed by atoms with Crippen LogP contribution in [0.2, 0.25) is 0 Å². The summed E-state index contributed by atoms with van der Waals surface area (Å²) in [4.78, 5) is 5.44. The lowest BCUT2D eigenvalue weighted by Gasteiger charge is -1.94. The quantitative estimate of drug-likeness (QED) is 0.394. The van der Waals surface area contributed by atoms with Gasteiger partial charge in [-0.1, -0.05) is 36.3 Å². The zero-order chi connectivity index (χ0) is 15.2. The number of hydrogen-bond acceptors (Lipinski definition) is 4. The van der Waals surface area contributed by atoms with Crippen LogP contribution in [0.25, 0.3) is 10.6 Å². The lowest BCUT2D eigenvalue weighted by molar-refractivity contribution is 1.20. The normalized spacial score (nSPS) is 10.7. The predicted molar refractivity (Wildman–Crippen MR) is 88.1 cm³/mol. The fraction of sp³-hybridized carbons (Fsp3) is 0.133. The highest BCUT2D eigenvalue weighted by Crippen LogP contribution is 2.28. The fourth-order valence-electron chi connectivity index (χ4n) is 1.65. The van der Waals surface area contributed by atoms with Gasteiger partial charge in [-0.2, -0.15) is 5.10 Å². The molecule has 1 aromatic heterocycles. The van der Waals surface area contributed by atoms with Crippen LogP contribution in [0.1, 0.15) is 24.4 Å². The first-order valence-corrected chi connectivity index (χ1v) is 7.06. The predicted octanol–water partition coefficient (Wildman–Crippen LogP) is 2.18. The third kappa shape index (κ3) is 3.68. The molecule has 21 heavy (non-hydrogen) atoms. The van der Waals surface area contributed by atoms with Crippen molar-refractivity contribution in [1.29, 1.82) is 0 Å². The van der Waals surface area contributed by atoms with Gasteiger partial charge in [0, 0.05) is 5.56 Å². The molecule has 1 heterocycles. The van der Waals surface area contributed by atoms with Crippen molar-refractivity contribution in [2.45, 2.75) is 13.8 Å². The molecule has 0 aliphatic rings. The molecule has 0 amide bonds. The second kappa shape index (κ2) is 6.68. The van der Waals surface area contributed by atoms with E-state index in [1.165, 1.54) is 11.3 Å². The van der Waals surface area contributed by atoms with E-state index in [4.69, 9.17) is 11.5 Å². The Morgan fingerprint density at radius 3 is 2.52 bits per heavy atom. The number of hydrogen-bond donors (Lipinski definition) is 2. The molecule has 5 nitrogen and oxygen atoms in total. The summed E-state index contributed by atoms with van der Waals surface area (Å²) in [5.74, 6) is 5.78. The molecule has 4 N–H and O–H groups in total. The fourth-order valence-corrected chi connectivity index (χ4v) is 2.62. The molecule has 0 bridgehead atoms. The summed E-state index contributed by atoms with van der Waals surface area (Å²) >= 11 is 1.52. The van der Waals surface area contributed by atoms with Gasteiger partial charge in [-0.25, -0.2) is 4.98 Å². The summed E-state index contributed by atoms with van der Waals surface area (Å²) in [5, 5.41) is 8.57. The van der Waals surface area contributed by atoms with E-state index in [1.807, 2.05) is 37.3 Å². The van der Waals surface area contributed by atoms with Crippen LogP contribution in [-0.2, 0) is 0 Å². The van der Waals surface area contributed by atoms with Crippen LogP contribution in [-0.4, -0.2) is 16.7 Å². The molecule has 0 aliphatic heterocycles. The van der Waals surface area contributed by atoms with Gasteiger partial charge in [-0.15, -0.1) is 16.4 Å². The van der Waals surface area contributed by atoms with Crippen molar-refractivity contribution in [2.24, 2.45) is 21.7 Å². The number of nitrogens with two attached hydrogens (primary N) is 2. The molecule has 2 rings (SSSR count). The molecular formula is C15H15N5S. The average molecular weight is 297 g/mol. The Morgan fingerprint density at radius 1 is 1.19 bits per heavy atom. The second-order valence-corrected chi connectivity index (χ2v) is 5.15. The van der Waals surface area contributed by atoms with E-state index in [2.05, 4.69) is 27.0 Å². The molecule has 0 saturated carbocycles. The molecule has 0 saturated heterocycles. The van der Waals surface area contributed by atoms with E-state index >= 15 is 0 Å². The van der Waals surface area contributed by atoms with E-state index in [1.54, 1.807) is 6.92 Å². The maximum atomic E-state index is 5.29. The SMILES string of the molecule is CC#Cc1nc(-c2ccccc2)sc1/C(C)=N/N=C(N)N. The van der Waals surface area contributed by atoms with Crippen molar-refractivity contribution < 1.29 is 0 Å². The van der Waals surface area contributed by atoms with Crippen LogP contribution < -0.4 is 11.5 Å². The maximum absolute atomic E-state index is 5.29. The minimum Gasteiger partial charge on any atom is -0.369 e. The molecule has 0 spiro atoms. The van der Waals surface area contributed by atoms with E-state index in [9.17, 15) is 0 Å². The molecule has 0 fully saturated rings. The average Bonchev–Trinajstić information content (AvgIpc) is 2.90. The van der Waals surface area contributed by atoms with E-state index in [0.717, 1.165) is 15.4 Å². The first kappa shape index (κ1) is 14.8. The highest BCUT2D eigenvalue weighted by molar-refractivity contribution is 7.17. The Bertz CT molecular complexity index is 743. The number of benzene rings is 1. The first-order chi connectivity index (χ1) is 10.1. The lowest BCUT2D eigenvalue weighted by atomic mass is 10.2. The molecule has 0 atom stereocenters. The smallest absolute Gasteiger partial charge is 0.211 e. The summed E-state index contributed by atoms with van der Waals surface area (Å²) in [5.41, 5.74) is 13.0. The summed E-state index contributed by atoms with van der Waals surface area (Å²) in [7, 11) is 0. The third-order valence-electron chi connectivity index (χ3n) is 2.54. The molecule has 2 aromatic rings. The van der Waals surface area contributed by atoms with Gasteiger partial charge in [0.1, 0.15) is 10.7 Å². The van der Waals surface area contributed by atoms with Gasteiger partial charge in [0.2, 0.25) is 5.96 Å². The van der Waals surface area contributed by atoms with Gasteiger partial charge >= 0.3 is 0 Å². The lowest BCUT2D eigenvalue weighted by Crippen LogP contribution is -2.22. The topological polar surface area (TPSA) is 89.6 Å². The van der Waals surface area contributed by atoms with Crippen molar-refractivity contribution >= 4 is 23.0 Å². The van der Waals surface area contributed by atoms with E-state index in [-0.39, 0.29) is 5.96 Å². The van der Waals surface area contributed by atoms with Gasteiger partial charge in [0.05, 0.1) is 10.6 Å². The maximum Gasteiger partial charge on any atom is 0.211 e. The molecular weight excluding hydrogens is 282 g/mol. The molecule has 106 valence electrons. The van der Waals surface area contributed by atoms with Crippen molar-refractivity contribution in [3.05, 3.63) is 40.9 Å². The van der Waals surface area contributed by atoms with Crippen LogP contribution in [0.4, 0.5) is 0 Å². The Kier molecular flexibility index (Phi) is 4.69. The molecule has 6 heteroatoms. The zero-order valence-corrected chi connectivity index (χ0v) is 12.6. The monoisotopic (exact) mass is 297 g/mol. The van der Waals surface area contributed by atoms with Gasteiger partial charge < -0.3 is 11.5 Å². The minimum absolute atomic E-state index is 0.0785. The summed E-state index contributed by atoms with van der Waals surface area (Å²) in [6, 6.07) is 9.93. The van der Waals surface area contributed by atoms with Crippen LogP contribution in [0.15, 0.2) is 40.5 Å². The van der Waals surface area contributed by atoms with Gasteiger partial charge in [0.15, 0.2) is 0 Å². The number of aromatic nitrogens is 1. The van der Waals surface area contributed by atoms with Crippen LogP contribution in [0.3, 0.4) is 0 Å². The Hall–Kier alpha value is -2.65. The number of thiazole rings is 1. The molecule has 0 radical (unpaired) electrons. The highest BCUT2D eigenvalue weighted by atomic mass is 32.1. The first-order valence-electron chi connectivity index (χ1n) is 6.24. The number of guanidine groups is 1. The Labute approximate surface area is 127 Å². The van der Waals surface area contributed by atoms with Crippen LogP contribution >= 0.6 is 11.3 Å². The number of rotatable bonds is 3. The van der Waals surface area contributed by atoms with Crippen LogP contribution in [0.5, 0.6) is 0 Å². The minimum atomic E-state index is -0.0785.